The van der Waals surface area contributed by atoms with Gasteiger partial charge in [0, 0.05) is 19.3 Å². The molecule has 1 saturated heterocycles. The van der Waals surface area contributed by atoms with Crippen molar-refractivity contribution in [3.63, 3.8) is 0 Å². The fraction of sp³-hybridized carbons (Fsp3) is 0.533. The number of hydrogen-bond donors (Lipinski definition) is 2. The van der Waals surface area contributed by atoms with Gasteiger partial charge >= 0.3 is 12.0 Å². The zero-order valence-electron chi connectivity index (χ0n) is 12.0. The van der Waals surface area contributed by atoms with Gasteiger partial charge in [-0.1, -0.05) is 6.42 Å². The Hall–Kier alpha value is -2.11. The van der Waals surface area contributed by atoms with Gasteiger partial charge in [0.2, 0.25) is 0 Å². The molecule has 0 bridgehead atoms. The largest absolute Gasteiger partial charge is 0.481 e. The molecule has 2 atom stereocenters. The van der Waals surface area contributed by atoms with Crippen LogP contribution in [0, 0.1) is 18.3 Å². The van der Waals surface area contributed by atoms with E-state index in [1.165, 1.54) is 0 Å². The molecule has 6 heteroatoms. The molecule has 6 nitrogen and oxygen atoms in total. The smallest absolute Gasteiger partial charge is 0.323 e. The van der Waals surface area contributed by atoms with Gasteiger partial charge in [-0.15, -0.1) is 0 Å². The number of aromatic nitrogens is 1. The fourth-order valence-electron chi connectivity index (χ4n) is 3.59. The van der Waals surface area contributed by atoms with E-state index in [0.29, 0.717) is 25.3 Å². The number of rotatable bonds is 2. The van der Waals surface area contributed by atoms with Crippen molar-refractivity contribution in [1.82, 2.24) is 9.88 Å². The SMILES string of the molecule is Cc1ccnc(NC(=O)N2C[C@@H]3CCC[C@@]3(C(=O)O)C2)c1. The molecule has 1 aromatic rings. The third-order valence-corrected chi connectivity index (χ3v) is 4.73. The number of anilines is 1. The van der Waals surface area contributed by atoms with Gasteiger partial charge in [-0.3, -0.25) is 10.1 Å². The molecule has 2 heterocycles. The van der Waals surface area contributed by atoms with Crippen molar-refractivity contribution < 1.29 is 14.7 Å². The second kappa shape index (κ2) is 5.02. The lowest BCUT2D eigenvalue weighted by Gasteiger charge is -2.23. The van der Waals surface area contributed by atoms with Crippen LogP contribution in [-0.2, 0) is 4.79 Å². The molecule has 1 aliphatic heterocycles. The quantitative estimate of drug-likeness (QED) is 0.873. The molecule has 2 aliphatic rings. The second-order valence-corrected chi connectivity index (χ2v) is 6.08. The first-order valence-electron chi connectivity index (χ1n) is 7.23. The number of carbonyl (C=O) groups excluding carboxylic acids is 1. The highest BCUT2D eigenvalue weighted by atomic mass is 16.4. The number of carboxylic acids is 1. The summed E-state index contributed by atoms with van der Waals surface area (Å²) in [5, 5.41) is 12.3. The van der Waals surface area contributed by atoms with Crippen LogP contribution in [0.25, 0.3) is 0 Å². The van der Waals surface area contributed by atoms with Crippen LogP contribution in [0.5, 0.6) is 0 Å². The third kappa shape index (κ3) is 2.34. The van der Waals surface area contributed by atoms with E-state index < -0.39 is 11.4 Å². The molecule has 21 heavy (non-hydrogen) atoms. The van der Waals surface area contributed by atoms with Gasteiger partial charge in [-0.05, 0) is 43.4 Å². The summed E-state index contributed by atoms with van der Waals surface area (Å²) in [6, 6.07) is 3.39. The molecule has 1 aliphatic carbocycles. The van der Waals surface area contributed by atoms with Crippen molar-refractivity contribution in [2.24, 2.45) is 11.3 Å². The normalized spacial score (nSPS) is 27.5. The Bertz CT molecular complexity index is 589. The number of aryl methyl sites for hydroxylation is 1. The summed E-state index contributed by atoms with van der Waals surface area (Å²) in [6.07, 6.45) is 4.13. The molecule has 1 saturated carbocycles. The number of nitrogens with one attached hydrogen (secondary N) is 1. The topological polar surface area (TPSA) is 82.5 Å². The molecule has 1 aromatic heterocycles. The maximum atomic E-state index is 12.3. The van der Waals surface area contributed by atoms with Crippen molar-refractivity contribution in [2.75, 3.05) is 18.4 Å². The number of carboxylic acid groups (broad SMARTS) is 1. The van der Waals surface area contributed by atoms with Gasteiger partial charge in [0.05, 0.1) is 5.41 Å². The van der Waals surface area contributed by atoms with Crippen LogP contribution in [0.1, 0.15) is 24.8 Å². The van der Waals surface area contributed by atoms with Crippen molar-refractivity contribution in [3.05, 3.63) is 23.9 Å². The summed E-state index contributed by atoms with van der Waals surface area (Å²) >= 11 is 0. The van der Waals surface area contributed by atoms with Crippen LogP contribution in [-0.4, -0.2) is 40.1 Å². The van der Waals surface area contributed by atoms with Gasteiger partial charge in [0.1, 0.15) is 5.82 Å². The number of amides is 2. The minimum atomic E-state index is -0.769. The summed E-state index contributed by atoms with van der Waals surface area (Å²) in [5.74, 6) is -0.193. The zero-order valence-corrected chi connectivity index (χ0v) is 12.0. The van der Waals surface area contributed by atoms with Gasteiger partial charge in [0.25, 0.3) is 0 Å². The number of aliphatic carboxylic acids is 1. The molecule has 2 amide bonds. The summed E-state index contributed by atoms with van der Waals surface area (Å²) < 4.78 is 0. The average Bonchev–Trinajstić information content (AvgIpc) is 2.95. The number of carbonyl (C=O) groups is 2. The summed E-state index contributed by atoms with van der Waals surface area (Å²) in [4.78, 5) is 29.6. The minimum Gasteiger partial charge on any atom is -0.481 e. The second-order valence-electron chi connectivity index (χ2n) is 6.08. The van der Waals surface area contributed by atoms with Gasteiger partial charge in [0.15, 0.2) is 0 Å². The molecule has 3 rings (SSSR count). The van der Waals surface area contributed by atoms with E-state index in [9.17, 15) is 14.7 Å². The van der Waals surface area contributed by atoms with Crippen LogP contribution < -0.4 is 5.32 Å². The van der Waals surface area contributed by atoms with Crippen molar-refractivity contribution in [1.29, 1.82) is 0 Å². The molecular formula is C15H19N3O3. The Kier molecular flexibility index (Phi) is 3.31. The summed E-state index contributed by atoms with van der Waals surface area (Å²) in [7, 11) is 0. The number of pyridine rings is 1. The van der Waals surface area contributed by atoms with Crippen molar-refractivity contribution in [3.8, 4) is 0 Å². The molecule has 0 unspecified atom stereocenters. The minimum absolute atomic E-state index is 0.0752. The van der Waals surface area contributed by atoms with Crippen LogP contribution in [0.2, 0.25) is 0 Å². The van der Waals surface area contributed by atoms with Gasteiger partial charge in [-0.2, -0.15) is 0 Å². The average molecular weight is 289 g/mol. The summed E-state index contributed by atoms with van der Waals surface area (Å²) in [5.41, 5.74) is 0.276. The molecule has 112 valence electrons. The van der Waals surface area contributed by atoms with Crippen molar-refractivity contribution in [2.45, 2.75) is 26.2 Å². The van der Waals surface area contributed by atoms with Gasteiger partial charge < -0.3 is 10.0 Å². The fourth-order valence-corrected chi connectivity index (χ4v) is 3.59. The highest BCUT2D eigenvalue weighted by molar-refractivity contribution is 5.89. The number of hydrogen-bond acceptors (Lipinski definition) is 3. The predicted molar refractivity (Wildman–Crippen MR) is 77.0 cm³/mol. The lowest BCUT2D eigenvalue weighted by molar-refractivity contribution is -0.149. The highest BCUT2D eigenvalue weighted by Crippen LogP contribution is 2.48. The first kappa shape index (κ1) is 13.9. The molecule has 2 fully saturated rings. The van der Waals surface area contributed by atoms with E-state index in [0.717, 1.165) is 18.4 Å². The first-order chi connectivity index (χ1) is 10.0. The lowest BCUT2D eigenvalue weighted by Crippen LogP contribution is -2.38. The Balaban J connectivity index is 1.71. The Morgan fingerprint density at radius 2 is 2.33 bits per heavy atom. The van der Waals surface area contributed by atoms with E-state index in [-0.39, 0.29) is 11.9 Å². The van der Waals surface area contributed by atoms with Gasteiger partial charge in [-0.25, -0.2) is 9.78 Å². The van der Waals surface area contributed by atoms with Crippen LogP contribution in [0.15, 0.2) is 18.3 Å². The zero-order chi connectivity index (χ0) is 15.0. The monoisotopic (exact) mass is 289 g/mol. The maximum absolute atomic E-state index is 12.3. The number of urea groups is 1. The molecule has 0 radical (unpaired) electrons. The van der Waals surface area contributed by atoms with E-state index in [4.69, 9.17) is 0 Å². The maximum Gasteiger partial charge on any atom is 0.323 e. The van der Waals surface area contributed by atoms with Crippen LogP contribution in [0.4, 0.5) is 10.6 Å². The standard InChI is InChI=1S/C15H19N3O3/c1-10-4-6-16-12(7-10)17-14(21)18-8-11-3-2-5-15(11,9-18)13(19)20/h4,6-7,11H,2-3,5,8-9H2,1H3,(H,19,20)(H,16,17,21)/t11-,15+/m0/s1. The molecular weight excluding hydrogens is 270 g/mol. The highest BCUT2D eigenvalue weighted by Gasteiger charge is 2.55. The van der Waals surface area contributed by atoms with E-state index >= 15 is 0 Å². The van der Waals surface area contributed by atoms with E-state index in [1.807, 2.05) is 13.0 Å². The molecule has 0 spiro atoms. The number of likely N-dealkylation sites (tertiary alicyclic amines) is 1. The molecule has 0 aromatic carbocycles. The Labute approximate surface area is 123 Å². The lowest BCUT2D eigenvalue weighted by atomic mass is 9.81. The number of nitrogens with zero attached hydrogens (tertiary/aromatic N) is 2. The van der Waals surface area contributed by atoms with E-state index in [2.05, 4.69) is 10.3 Å². The molecule has 2 N–H and O–H groups in total. The van der Waals surface area contributed by atoms with Crippen LogP contribution >= 0.6 is 0 Å². The first-order valence-corrected chi connectivity index (χ1v) is 7.23. The van der Waals surface area contributed by atoms with Crippen molar-refractivity contribution >= 4 is 17.8 Å². The van der Waals surface area contributed by atoms with Crippen LogP contribution in [0.3, 0.4) is 0 Å². The Morgan fingerprint density at radius 1 is 1.52 bits per heavy atom. The number of fused-ring (bicyclic) bond motifs is 1. The van der Waals surface area contributed by atoms with E-state index in [1.54, 1.807) is 17.2 Å². The summed E-state index contributed by atoms with van der Waals surface area (Å²) in [6.45, 7) is 2.74. The third-order valence-electron chi connectivity index (χ3n) is 4.73. The Morgan fingerprint density at radius 3 is 3.00 bits per heavy atom. The predicted octanol–water partition coefficient (Wildman–Crippen LogP) is 2.11.